The Morgan fingerprint density at radius 2 is 2.00 bits per heavy atom. The molecule has 1 saturated carbocycles. The van der Waals surface area contributed by atoms with Gasteiger partial charge in [0.1, 0.15) is 0 Å². The zero-order valence-electron chi connectivity index (χ0n) is 12.5. The molecule has 22 heavy (non-hydrogen) atoms. The van der Waals surface area contributed by atoms with Crippen LogP contribution in [0.2, 0.25) is 0 Å². The molecule has 3 amide bonds. The summed E-state index contributed by atoms with van der Waals surface area (Å²) in [5, 5.41) is 3.67. The van der Waals surface area contributed by atoms with E-state index >= 15 is 0 Å². The first-order valence-electron chi connectivity index (χ1n) is 7.74. The van der Waals surface area contributed by atoms with Crippen LogP contribution in [-0.2, 0) is 4.79 Å². The second-order valence-corrected chi connectivity index (χ2v) is 7.27. The van der Waals surface area contributed by atoms with Crippen molar-refractivity contribution in [2.24, 2.45) is 11.7 Å². The van der Waals surface area contributed by atoms with E-state index in [1.165, 1.54) is 12.8 Å². The molecule has 5 nitrogen and oxygen atoms in total. The van der Waals surface area contributed by atoms with Gasteiger partial charge in [-0.3, -0.25) is 4.79 Å². The molecule has 0 aromatic heterocycles. The summed E-state index contributed by atoms with van der Waals surface area (Å²) in [7, 11) is 0. The van der Waals surface area contributed by atoms with E-state index in [1.54, 1.807) is 4.90 Å². The minimum Gasteiger partial charge on any atom is -0.369 e. The smallest absolute Gasteiger partial charge is 0.321 e. The Labute approximate surface area is 134 Å². The molecular weight excluding hydrogens is 298 g/mol. The van der Waals surface area contributed by atoms with Crippen molar-refractivity contribution in [3.63, 3.8) is 0 Å². The van der Waals surface area contributed by atoms with Crippen molar-refractivity contribution in [2.45, 2.75) is 35.8 Å². The highest BCUT2D eigenvalue weighted by Gasteiger charge is 2.28. The van der Waals surface area contributed by atoms with Crippen molar-refractivity contribution in [2.75, 3.05) is 18.4 Å². The molecule has 3 rings (SSSR count). The van der Waals surface area contributed by atoms with Gasteiger partial charge in [0.2, 0.25) is 5.91 Å². The number of nitrogens with two attached hydrogens (primary N) is 1. The van der Waals surface area contributed by atoms with E-state index in [2.05, 4.69) is 5.32 Å². The Balaban J connectivity index is 1.64. The minimum atomic E-state index is -0.317. The topological polar surface area (TPSA) is 75.4 Å². The second kappa shape index (κ2) is 6.60. The summed E-state index contributed by atoms with van der Waals surface area (Å²) < 4.78 is 0. The minimum absolute atomic E-state index is 0.144. The first-order chi connectivity index (χ1) is 10.6. The number of carbonyl (C=O) groups is 2. The van der Waals surface area contributed by atoms with Crippen LogP contribution in [0.15, 0.2) is 29.2 Å². The number of nitrogens with zero attached hydrogens (tertiary/aromatic N) is 1. The van der Waals surface area contributed by atoms with Crippen molar-refractivity contribution < 1.29 is 9.59 Å². The Morgan fingerprint density at radius 3 is 2.73 bits per heavy atom. The number of likely N-dealkylation sites (tertiary alicyclic amines) is 1. The number of benzene rings is 1. The molecular formula is C16H21N3O2S. The van der Waals surface area contributed by atoms with Crippen molar-refractivity contribution in [1.29, 1.82) is 0 Å². The first-order valence-corrected chi connectivity index (χ1v) is 8.62. The molecule has 1 aromatic carbocycles. The number of carbonyl (C=O) groups excluding carboxylic acids is 2. The Morgan fingerprint density at radius 1 is 1.23 bits per heavy atom. The zero-order chi connectivity index (χ0) is 15.5. The Hall–Kier alpha value is -1.69. The van der Waals surface area contributed by atoms with Gasteiger partial charge in [-0.05, 0) is 37.8 Å². The van der Waals surface area contributed by atoms with Crippen molar-refractivity contribution in [3.8, 4) is 0 Å². The molecule has 1 atom stereocenters. The standard InChI is InChI=1S/C16H21N3O2S/c17-15(20)11-4-3-9-19(10-11)16(21)18-13-5-1-2-6-14(13)22-12-7-8-12/h1-2,5-6,11-12H,3-4,7-10H2,(H2,17,20)(H,18,21)/t11-/m0/s1. The highest BCUT2D eigenvalue weighted by molar-refractivity contribution is 8.00. The number of nitrogens with one attached hydrogen (secondary N) is 1. The lowest BCUT2D eigenvalue weighted by atomic mass is 9.98. The van der Waals surface area contributed by atoms with E-state index in [4.69, 9.17) is 5.73 Å². The van der Waals surface area contributed by atoms with Crippen molar-refractivity contribution in [1.82, 2.24) is 4.90 Å². The highest BCUT2D eigenvalue weighted by atomic mass is 32.2. The lowest BCUT2D eigenvalue weighted by Gasteiger charge is -2.31. The number of thioether (sulfide) groups is 1. The van der Waals surface area contributed by atoms with Crippen LogP contribution in [0.25, 0.3) is 0 Å². The van der Waals surface area contributed by atoms with Crippen LogP contribution in [-0.4, -0.2) is 35.2 Å². The highest BCUT2D eigenvalue weighted by Crippen LogP contribution is 2.41. The van der Waals surface area contributed by atoms with Crippen LogP contribution < -0.4 is 11.1 Å². The second-order valence-electron chi connectivity index (χ2n) is 5.93. The number of primary amides is 1. The van der Waals surface area contributed by atoms with Crippen LogP contribution in [0, 0.1) is 5.92 Å². The van der Waals surface area contributed by atoms with Crippen LogP contribution in [0.3, 0.4) is 0 Å². The van der Waals surface area contributed by atoms with Crippen LogP contribution in [0.4, 0.5) is 10.5 Å². The maximum Gasteiger partial charge on any atom is 0.321 e. The summed E-state index contributed by atoms with van der Waals surface area (Å²) in [6.07, 6.45) is 4.09. The van der Waals surface area contributed by atoms with Gasteiger partial charge in [0.15, 0.2) is 0 Å². The predicted octanol–water partition coefficient (Wildman–Crippen LogP) is 2.67. The molecule has 1 saturated heterocycles. The third-order valence-electron chi connectivity index (χ3n) is 4.06. The normalized spacial score (nSPS) is 21.5. The number of anilines is 1. The van der Waals surface area contributed by atoms with E-state index in [0.29, 0.717) is 18.3 Å². The molecule has 0 radical (unpaired) electrons. The van der Waals surface area contributed by atoms with Gasteiger partial charge < -0.3 is 16.0 Å². The molecule has 2 aliphatic rings. The van der Waals surface area contributed by atoms with E-state index in [0.717, 1.165) is 23.4 Å². The van der Waals surface area contributed by atoms with E-state index in [-0.39, 0.29) is 17.9 Å². The molecule has 0 unspecified atom stereocenters. The predicted molar refractivity (Wildman–Crippen MR) is 87.8 cm³/mol. The largest absolute Gasteiger partial charge is 0.369 e. The lowest BCUT2D eigenvalue weighted by molar-refractivity contribution is -0.123. The van der Waals surface area contributed by atoms with E-state index in [9.17, 15) is 9.59 Å². The third-order valence-corrected chi connectivity index (χ3v) is 5.47. The number of urea groups is 1. The molecule has 118 valence electrons. The van der Waals surface area contributed by atoms with Gasteiger partial charge >= 0.3 is 6.03 Å². The number of para-hydroxylation sites is 1. The summed E-state index contributed by atoms with van der Waals surface area (Å²) in [6.45, 7) is 1.09. The molecule has 1 aliphatic heterocycles. The summed E-state index contributed by atoms with van der Waals surface area (Å²) in [4.78, 5) is 26.6. The monoisotopic (exact) mass is 319 g/mol. The molecule has 0 bridgehead atoms. The van der Waals surface area contributed by atoms with Gasteiger partial charge in [0.05, 0.1) is 11.6 Å². The SMILES string of the molecule is NC(=O)[C@H]1CCCN(C(=O)Nc2ccccc2SC2CC2)C1. The Bertz CT molecular complexity index is 574. The summed E-state index contributed by atoms with van der Waals surface area (Å²) in [5.41, 5.74) is 6.22. The fraction of sp³-hybridized carbons (Fsp3) is 0.500. The van der Waals surface area contributed by atoms with Gasteiger partial charge in [-0.2, -0.15) is 0 Å². The average Bonchev–Trinajstić information content (AvgIpc) is 3.33. The summed E-state index contributed by atoms with van der Waals surface area (Å²) in [5.74, 6) is -0.544. The maximum absolute atomic E-state index is 12.4. The van der Waals surface area contributed by atoms with Gasteiger partial charge in [-0.1, -0.05) is 12.1 Å². The van der Waals surface area contributed by atoms with Gasteiger partial charge in [-0.25, -0.2) is 4.79 Å². The Kier molecular flexibility index (Phi) is 4.57. The van der Waals surface area contributed by atoms with Crippen LogP contribution in [0.1, 0.15) is 25.7 Å². The average molecular weight is 319 g/mol. The molecule has 3 N–H and O–H groups in total. The van der Waals surface area contributed by atoms with E-state index < -0.39 is 0 Å². The van der Waals surface area contributed by atoms with Crippen molar-refractivity contribution >= 4 is 29.4 Å². The van der Waals surface area contributed by atoms with Crippen LogP contribution in [0.5, 0.6) is 0 Å². The molecule has 0 spiro atoms. The molecule has 1 aromatic rings. The van der Waals surface area contributed by atoms with Gasteiger partial charge in [0, 0.05) is 23.2 Å². The third kappa shape index (κ3) is 3.74. The fourth-order valence-electron chi connectivity index (χ4n) is 2.63. The number of hydrogen-bond acceptors (Lipinski definition) is 3. The summed E-state index contributed by atoms with van der Waals surface area (Å²) in [6, 6.07) is 7.74. The van der Waals surface area contributed by atoms with Crippen molar-refractivity contribution in [3.05, 3.63) is 24.3 Å². The van der Waals surface area contributed by atoms with E-state index in [1.807, 2.05) is 36.0 Å². The molecule has 1 heterocycles. The number of rotatable bonds is 4. The summed E-state index contributed by atoms with van der Waals surface area (Å²) >= 11 is 1.82. The first kappa shape index (κ1) is 15.2. The number of amides is 3. The molecule has 2 fully saturated rings. The molecule has 1 aliphatic carbocycles. The fourth-order valence-corrected chi connectivity index (χ4v) is 3.76. The maximum atomic E-state index is 12.4. The van der Waals surface area contributed by atoms with Gasteiger partial charge in [0.25, 0.3) is 0 Å². The number of piperidine rings is 1. The van der Waals surface area contributed by atoms with Crippen LogP contribution >= 0.6 is 11.8 Å². The van der Waals surface area contributed by atoms with Gasteiger partial charge in [-0.15, -0.1) is 11.8 Å². The zero-order valence-corrected chi connectivity index (χ0v) is 13.3. The quantitative estimate of drug-likeness (QED) is 0.896. The lowest BCUT2D eigenvalue weighted by Crippen LogP contribution is -2.45. The molecule has 6 heteroatoms. The number of hydrogen-bond donors (Lipinski definition) is 2.